The van der Waals surface area contributed by atoms with Crippen LogP contribution >= 0.6 is 0 Å². The predicted octanol–water partition coefficient (Wildman–Crippen LogP) is 2.00. The van der Waals surface area contributed by atoms with Crippen molar-refractivity contribution in [2.45, 2.75) is 6.92 Å². The van der Waals surface area contributed by atoms with E-state index in [1.807, 2.05) is 37.4 Å². The first-order chi connectivity index (χ1) is 9.70. The van der Waals surface area contributed by atoms with E-state index in [2.05, 4.69) is 9.98 Å². The minimum absolute atomic E-state index is 0.0478. The molecule has 0 saturated carbocycles. The number of carbonyl (C=O) groups excluding carboxylic acids is 1. The number of carbonyl (C=O) groups is 1. The van der Waals surface area contributed by atoms with Crippen LogP contribution in [0.15, 0.2) is 41.7 Å². The van der Waals surface area contributed by atoms with E-state index in [9.17, 15) is 4.79 Å². The van der Waals surface area contributed by atoms with Gasteiger partial charge in [-0.25, -0.2) is 0 Å². The van der Waals surface area contributed by atoms with Crippen LogP contribution in [-0.4, -0.2) is 29.6 Å². The highest BCUT2D eigenvalue weighted by molar-refractivity contribution is 6.16. The molecule has 3 rings (SSSR count). The Morgan fingerprint density at radius 2 is 2.05 bits per heavy atom. The molecule has 0 bridgehead atoms. The monoisotopic (exact) mass is 265 g/mol. The van der Waals surface area contributed by atoms with Crippen molar-refractivity contribution >= 4 is 11.5 Å². The third-order valence-electron chi connectivity index (χ3n) is 3.59. The van der Waals surface area contributed by atoms with Gasteiger partial charge in [0.1, 0.15) is 6.54 Å². The van der Waals surface area contributed by atoms with Crippen molar-refractivity contribution in [3.8, 4) is 11.1 Å². The highest BCUT2D eigenvalue weighted by Crippen LogP contribution is 2.26. The SMILES string of the molecule is Cc1ccncc1-c1ccc2c(c1)C(CN)=NCC2=O. The van der Waals surface area contributed by atoms with Crippen LogP contribution in [0.1, 0.15) is 21.5 Å². The lowest BCUT2D eigenvalue weighted by molar-refractivity contribution is 0.1000. The summed E-state index contributed by atoms with van der Waals surface area (Å²) in [4.78, 5) is 20.3. The average molecular weight is 265 g/mol. The standard InChI is InChI=1S/C16H15N3O/c1-10-4-5-18-8-14(10)11-2-3-12-13(6-11)15(7-17)19-9-16(12)20/h2-6,8H,7,9,17H2,1H3. The van der Waals surface area contributed by atoms with Crippen molar-refractivity contribution in [1.82, 2.24) is 4.98 Å². The van der Waals surface area contributed by atoms with Crippen LogP contribution in [0.4, 0.5) is 0 Å². The van der Waals surface area contributed by atoms with Gasteiger partial charge in [-0.2, -0.15) is 0 Å². The van der Waals surface area contributed by atoms with E-state index >= 15 is 0 Å². The molecular formula is C16H15N3O. The van der Waals surface area contributed by atoms with Gasteiger partial charge < -0.3 is 5.73 Å². The van der Waals surface area contributed by atoms with Gasteiger partial charge in [0.25, 0.3) is 0 Å². The zero-order chi connectivity index (χ0) is 14.1. The summed E-state index contributed by atoms with van der Waals surface area (Å²) in [5.41, 5.74) is 11.3. The third kappa shape index (κ3) is 2.04. The number of fused-ring (bicyclic) bond motifs is 1. The van der Waals surface area contributed by atoms with Gasteiger partial charge >= 0.3 is 0 Å². The average Bonchev–Trinajstić information content (AvgIpc) is 2.48. The molecule has 0 amide bonds. The molecule has 0 radical (unpaired) electrons. The van der Waals surface area contributed by atoms with Crippen LogP contribution < -0.4 is 5.73 Å². The molecule has 0 saturated heterocycles. The second kappa shape index (κ2) is 4.98. The van der Waals surface area contributed by atoms with Crippen LogP contribution in [0.25, 0.3) is 11.1 Å². The number of hydrogen-bond donors (Lipinski definition) is 1. The molecule has 0 spiro atoms. The van der Waals surface area contributed by atoms with Gasteiger partial charge in [0.05, 0.1) is 5.71 Å². The minimum atomic E-state index is 0.0478. The number of nitrogens with zero attached hydrogens (tertiary/aromatic N) is 2. The molecule has 1 aliphatic heterocycles. The number of aliphatic imine (C=N–C) groups is 1. The van der Waals surface area contributed by atoms with Crippen molar-refractivity contribution in [2.24, 2.45) is 10.7 Å². The molecule has 20 heavy (non-hydrogen) atoms. The number of pyridine rings is 1. The predicted molar refractivity (Wildman–Crippen MR) is 79.2 cm³/mol. The van der Waals surface area contributed by atoms with Crippen molar-refractivity contribution < 1.29 is 4.79 Å². The number of aromatic nitrogens is 1. The molecule has 0 aliphatic carbocycles. The van der Waals surface area contributed by atoms with E-state index in [4.69, 9.17) is 5.73 Å². The van der Waals surface area contributed by atoms with Gasteiger partial charge in [-0.05, 0) is 30.2 Å². The summed E-state index contributed by atoms with van der Waals surface area (Å²) in [7, 11) is 0. The molecule has 2 N–H and O–H groups in total. The molecule has 1 aliphatic rings. The largest absolute Gasteiger partial charge is 0.325 e. The van der Waals surface area contributed by atoms with Gasteiger partial charge in [-0.1, -0.05) is 12.1 Å². The van der Waals surface area contributed by atoms with E-state index in [1.165, 1.54) is 0 Å². The highest BCUT2D eigenvalue weighted by Gasteiger charge is 2.20. The number of nitrogens with two attached hydrogens (primary N) is 1. The van der Waals surface area contributed by atoms with Crippen LogP contribution in [0.5, 0.6) is 0 Å². The molecule has 4 nitrogen and oxygen atoms in total. The Labute approximate surface area is 117 Å². The molecule has 0 unspecified atom stereocenters. The van der Waals surface area contributed by atoms with Crippen LogP contribution in [0.2, 0.25) is 0 Å². The number of aryl methyl sites for hydroxylation is 1. The smallest absolute Gasteiger partial charge is 0.184 e. The highest BCUT2D eigenvalue weighted by atomic mass is 16.1. The molecular weight excluding hydrogens is 250 g/mol. The summed E-state index contributed by atoms with van der Waals surface area (Å²) in [6, 6.07) is 7.78. The van der Waals surface area contributed by atoms with E-state index < -0.39 is 0 Å². The fraction of sp³-hybridized carbons (Fsp3) is 0.188. The van der Waals surface area contributed by atoms with Crippen molar-refractivity contribution in [3.63, 3.8) is 0 Å². The molecule has 0 atom stereocenters. The summed E-state index contributed by atoms with van der Waals surface area (Å²) in [5, 5.41) is 0. The maximum atomic E-state index is 11.9. The molecule has 100 valence electrons. The van der Waals surface area contributed by atoms with E-state index in [1.54, 1.807) is 6.20 Å². The number of benzene rings is 1. The van der Waals surface area contributed by atoms with Gasteiger partial charge in [-0.3, -0.25) is 14.8 Å². The van der Waals surface area contributed by atoms with Crippen molar-refractivity contribution in [1.29, 1.82) is 0 Å². The molecule has 0 fully saturated rings. The Morgan fingerprint density at radius 1 is 1.20 bits per heavy atom. The maximum absolute atomic E-state index is 11.9. The second-order valence-electron chi connectivity index (χ2n) is 4.84. The first-order valence-electron chi connectivity index (χ1n) is 6.52. The number of ketones is 1. The zero-order valence-corrected chi connectivity index (χ0v) is 11.3. The lowest BCUT2D eigenvalue weighted by Crippen LogP contribution is -2.24. The van der Waals surface area contributed by atoms with E-state index in [0.29, 0.717) is 12.1 Å². The first kappa shape index (κ1) is 12.7. The van der Waals surface area contributed by atoms with Crippen LogP contribution in [0, 0.1) is 6.92 Å². The zero-order valence-electron chi connectivity index (χ0n) is 11.3. The lowest BCUT2D eigenvalue weighted by Gasteiger charge is -2.16. The van der Waals surface area contributed by atoms with E-state index in [0.717, 1.165) is 28.0 Å². The number of Topliss-reactive ketones (excluding diaryl/α,β-unsaturated/α-hetero) is 1. The maximum Gasteiger partial charge on any atom is 0.184 e. The molecule has 4 heteroatoms. The van der Waals surface area contributed by atoms with Gasteiger partial charge in [-0.15, -0.1) is 0 Å². The molecule has 2 aromatic rings. The summed E-state index contributed by atoms with van der Waals surface area (Å²) >= 11 is 0. The van der Waals surface area contributed by atoms with Crippen molar-refractivity contribution in [2.75, 3.05) is 13.1 Å². The first-order valence-corrected chi connectivity index (χ1v) is 6.52. The number of rotatable bonds is 2. The molecule has 2 heterocycles. The van der Waals surface area contributed by atoms with Crippen molar-refractivity contribution in [3.05, 3.63) is 53.3 Å². The van der Waals surface area contributed by atoms with Gasteiger partial charge in [0.2, 0.25) is 0 Å². The Kier molecular flexibility index (Phi) is 3.16. The van der Waals surface area contributed by atoms with E-state index in [-0.39, 0.29) is 12.3 Å². The fourth-order valence-electron chi connectivity index (χ4n) is 2.47. The van der Waals surface area contributed by atoms with Gasteiger partial charge in [0, 0.05) is 35.6 Å². The number of hydrogen-bond acceptors (Lipinski definition) is 4. The Bertz CT molecular complexity index is 719. The quantitative estimate of drug-likeness (QED) is 0.903. The fourth-order valence-corrected chi connectivity index (χ4v) is 2.47. The normalized spacial score (nSPS) is 13.9. The summed E-state index contributed by atoms with van der Waals surface area (Å²) in [6.07, 6.45) is 3.61. The Balaban J connectivity index is 2.17. The topological polar surface area (TPSA) is 68.3 Å². The Hall–Kier alpha value is -2.33. The molecule has 1 aromatic carbocycles. The second-order valence-corrected chi connectivity index (χ2v) is 4.84. The van der Waals surface area contributed by atoms with Gasteiger partial charge in [0.15, 0.2) is 5.78 Å². The summed E-state index contributed by atoms with van der Waals surface area (Å²) in [5.74, 6) is 0.0478. The lowest BCUT2D eigenvalue weighted by atomic mass is 9.92. The molecule has 1 aromatic heterocycles. The van der Waals surface area contributed by atoms with Crippen LogP contribution in [0.3, 0.4) is 0 Å². The van der Waals surface area contributed by atoms with Crippen LogP contribution in [-0.2, 0) is 0 Å². The third-order valence-corrected chi connectivity index (χ3v) is 3.59. The summed E-state index contributed by atoms with van der Waals surface area (Å²) < 4.78 is 0. The minimum Gasteiger partial charge on any atom is -0.325 e. The Morgan fingerprint density at radius 3 is 2.80 bits per heavy atom. The summed E-state index contributed by atoms with van der Waals surface area (Å²) in [6.45, 7) is 2.58.